The maximum atomic E-state index is 11.8. The molecule has 1 aliphatic rings. The zero-order valence-electron chi connectivity index (χ0n) is 11.9. The average molecular weight is 273 g/mol. The van der Waals surface area contributed by atoms with Gasteiger partial charge in [-0.25, -0.2) is 0 Å². The summed E-state index contributed by atoms with van der Waals surface area (Å²) in [6.07, 6.45) is -0.673. The first kappa shape index (κ1) is 15.9. The number of ether oxygens (including phenoxy) is 2. The minimum Gasteiger partial charge on any atom is -0.462 e. The molecule has 110 valence electrons. The lowest BCUT2D eigenvalue weighted by molar-refractivity contribution is -0.157. The fourth-order valence-electron chi connectivity index (χ4n) is 1.98. The molecule has 0 saturated carbocycles. The van der Waals surface area contributed by atoms with Gasteiger partial charge in [-0.3, -0.25) is 14.9 Å². The molecule has 0 aromatic heterocycles. The molecule has 1 fully saturated rings. The van der Waals surface area contributed by atoms with Crippen molar-refractivity contribution in [1.82, 2.24) is 5.32 Å². The van der Waals surface area contributed by atoms with Crippen LogP contribution in [0.2, 0.25) is 0 Å². The van der Waals surface area contributed by atoms with E-state index in [1.165, 1.54) is 0 Å². The number of nitrogens with one attached hydrogen (secondary N) is 1. The Morgan fingerprint density at radius 3 is 1.68 bits per heavy atom. The fraction of sp³-hybridized carbons (Fsp3) is 0.846. The molecule has 1 rings (SSSR count). The monoisotopic (exact) mass is 273 g/mol. The van der Waals surface area contributed by atoms with Crippen LogP contribution < -0.4 is 5.32 Å². The molecular formula is C13H23NO5. The Morgan fingerprint density at radius 1 is 1.00 bits per heavy atom. The Morgan fingerprint density at radius 2 is 1.37 bits per heavy atom. The van der Waals surface area contributed by atoms with E-state index in [0.717, 1.165) is 0 Å². The van der Waals surface area contributed by atoms with Crippen molar-refractivity contribution >= 4 is 11.9 Å². The summed E-state index contributed by atoms with van der Waals surface area (Å²) >= 11 is 0. The summed E-state index contributed by atoms with van der Waals surface area (Å²) < 4.78 is 10.2. The number of aliphatic hydroxyl groups is 1. The number of carbonyl (C=O) groups is 2. The SMILES string of the molecule is CC(C)OC(=O)[C@@H]1CC(O)C[C@H](C(=O)OC(C)C)N1. The van der Waals surface area contributed by atoms with Gasteiger partial charge in [-0.15, -0.1) is 0 Å². The number of rotatable bonds is 4. The smallest absolute Gasteiger partial charge is 0.323 e. The van der Waals surface area contributed by atoms with Crippen LogP contribution in [0.25, 0.3) is 0 Å². The van der Waals surface area contributed by atoms with Gasteiger partial charge in [0.25, 0.3) is 0 Å². The van der Waals surface area contributed by atoms with Gasteiger partial charge in [-0.2, -0.15) is 0 Å². The van der Waals surface area contributed by atoms with E-state index in [9.17, 15) is 14.7 Å². The molecule has 6 heteroatoms. The van der Waals surface area contributed by atoms with Crippen LogP contribution in [0.1, 0.15) is 40.5 Å². The maximum Gasteiger partial charge on any atom is 0.323 e. The third-order valence-electron chi connectivity index (χ3n) is 2.69. The van der Waals surface area contributed by atoms with E-state index < -0.39 is 30.1 Å². The third kappa shape index (κ3) is 5.16. The highest BCUT2D eigenvalue weighted by atomic mass is 16.5. The van der Waals surface area contributed by atoms with E-state index >= 15 is 0 Å². The normalized spacial score (nSPS) is 27.4. The molecule has 1 unspecified atom stereocenters. The second-order valence-corrected chi connectivity index (χ2v) is 5.37. The lowest BCUT2D eigenvalue weighted by Crippen LogP contribution is -2.55. The summed E-state index contributed by atoms with van der Waals surface area (Å²) in [4.78, 5) is 23.6. The standard InChI is InChI=1S/C13H23NO5/c1-7(2)18-12(16)10-5-9(15)6-11(14-10)13(17)19-8(3)4/h7-11,14-15H,5-6H2,1-4H3/t9?,10-,11+. The molecule has 0 aromatic rings. The highest BCUT2D eigenvalue weighted by Gasteiger charge is 2.36. The van der Waals surface area contributed by atoms with Gasteiger partial charge in [0.2, 0.25) is 0 Å². The van der Waals surface area contributed by atoms with Gasteiger partial charge in [-0.1, -0.05) is 0 Å². The third-order valence-corrected chi connectivity index (χ3v) is 2.69. The van der Waals surface area contributed by atoms with Crippen LogP contribution in [0.5, 0.6) is 0 Å². The predicted octanol–water partition coefficient (Wildman–Crippen LogP) is 0.371. The first-order valence-electron chi connectivity index (χ1n) is 6.64. The molecule has 6 nitrogen and oxygen atoms in total. The predicted molar refractivity (Wildman–Crippen MR) is 68.4 cm³/mol. The molecule has 0 radical (unpaired) electrons. The summed E-state index contributed by atoms with van der Waals surface area (Å²) in [7, 11) is 0. The number of hydrogen-bond acceptors (Lipinski definition) is 6. The molecule has 0 aliphatic carbocycles. The summed E-state index contributed by atoms with van der Waals surface area (Å²) in [5.74, 6) is -0.896. The topological polar surface area (TPSA) is 84.9 Å². The van der Waals surface area contributed by atoms with Gasteiger partial charge in [0.15, 0.2) is 0 Å². The molecule has 1 saturated heterocycles. The van der Waals surface area contributed by atoms with Gasteiger partial charge in [0.05, 0.1) is 18.3 Å². The highest BCUT2D eigenvalue weighted by molar-refractivity contribution is 5.80. The number of piperidine rings is 1. The molecule has 2 N–H and O–H groups in total. The summed E-state index contributed by atoms with van der Waals surface area (Å²) in [6.45, 7) is 7.01. The van der Waals surface area contributed by atoms with Crippen molar-refractivity contribution in [2.45, 2.75) is 70.9 Å². The number of hydrogen-bond donors (Lipinski definition) is 2. The van der Waals surface area contributed by atoms with E-state index in [1.807, 2.05) is 0 Å². The van der Waals surface area contributed by atoms with Gasteiger partial charge >= 0.3 is 11.9 Å². The molecule has 1 aliphatic heterocycles. The van der Waals surface area contributed by atoms with Crippen molar-refractivity contribution in [1.29, 1.82) is 0 Å². The van der Waals surface area contributed by atoms with Crippen LogP contribution in [0.15, 0.2) is 0 Å². The fourth-order valence-corrected chi connectivity index (χ4v) is 1.98. The summed E-state index contributed by atoms with van der Waals surface area (Å²) in [5.41, 5.74) is 0. The van der Waals surface area contributed by atoms with Gasteiger partial charge in [-0.05, 0) is 40.5 Å². The van der Waals surface area contributed by atoms with Crippen LogP contribution in [0.4, 0.5) is 0 Å². The minimum absolute atomic E-state index is 0.227. The van der Waals surface area contributed by atoms with Crippen LogP contribution in [0.3, 0.4) is 0 Å². The van der Waals surface area contributed by atoms with Gasteiger partial charge in [0, 0.05) is 0 Å². The second kappa shape index (κ2) is 6.86. The zero-order valence-corrected chi connectivity index (χ0v) is 11.9. The van der Waals surface area contributed by atoms with Crippen molar-refractivity contribution < 1.29 is 24.2 Å². The molecule has 3 atom stereocenters. The highest BCUT2D eigenvalue weighted by Crippen LogP contribution is 2.17. The number of aliphatic hydroxyl groups excluding tert-OH is 1. The molecule has 1 heterocycles. The van der Waals surface area contributed by atoms with E-state index in [2.05, 4.69) is 5.32 Å². The first-order valence-corrected chi connectivity index (χ1v) is 6.64. The first-order chi connectivity index (χ1) is 8.79. The Hall–Kier alpha value is -1.14. The lowest BCUT2D eigenvalue weighted by atomic mass is 9.96. The van der Waals surface area contributed by atoms with Crippen LogP contribution >= 0.6 is 0 Å². The Balaban J connectivity index is 2.62. The van der Waals surface area contributed by atoms with E-state index in [1.54, 1.807) is 27.7 Å². The second-order valence-electron chi connectivity index (χ2n) is 5.37. The van der Waals surface area contributed by atoms with Crippen molar-refractivity contribution in [3.8, 4) is 0 Å². The number of carbonyl (C=O) groups excluding carboxylic acids is 2. The minimum atomic E-state index is -0.712. The van der Waals surface area contributed by atoms with Gasteiger partial charge in [0.1, 0.15) is 12.1 Å². The van der Waals surface area contributed by atoms with E-state index in [-0.39, 0.29) is 25.0 Å². The lowest BCUT2D eigenvalue weighted by Gasteiger charge is -2.32. The summed E-state index contributed by atoms with van der Waals surface area (Å²) in [5, 5.41) is 12.6. The van der Waals surface area contributed by atoms with Crippen LogP contribution in [-0.4, -0.2) is 47.4 Å². The van der Waals surface area contributed by atoms with Crippen molar-refractivity contribution in [3.63, 3.8) is 0 Å². The largest absolute Gasteiger partial charge is 0.462 e. The molecular weight excluding hydrogens is 250 g/mol. The quantitative estimate of drug-likeness (QED) is 0.720. The van der Waals surface area contributed by atoms with Crippen LogP contribution in [-0.2, 0) is 19.1 Å². The number of esters is 2. The van der Waals surface area contributed by atoms with Crippen LogP contribution in [0, 0.1) is 0 Å². The molecule has 0 bridgehead atoms. The Labute approximate surface area is 113 Å². The molecule has 0 spiro atoms. The van der Waals surface area contributed by atoms with Gasteiger partial charge < -0.3 is 14.6 Å². The Kier molecular flexibility index (Phi) is 5.75. The van der Waals surface area contributed by atoms with E-state index in [0.29, 0.717) is 0 Å². The van der Waals surface area contributed by atoms with Crippen molar-refractivity contribution in [3.05, 3.63) is 0 Å². The van der Waals surface area contributed by atoms with Crippen molar-refractivity contribution in [2.75, 3.05) is 0 Å². The Bertz CT molecular complexity index is 299. The molecule has 19 heavy (non-hydrogen) atoms. The maximum absolute atomic E-state index is 11.8. The summed E-state index contributed by atoms with van der Waals surface area (Å²) in [6, 6.07) is -1.34. The molecule has 0 amide bonds. The zero-order chi connectivity index (χ0) is 14.6. The van der Waals surface area contributed by atoms with Crippen molar-refractivity contribution in [2.24, 2.45) is 0 Å². The van der Waals surface area contributed by atoms with E-state index in [4.69, 9.17) is 9.47 Å². The molecule has 0 aromatic carbocycles. The average Bonchev–Trinajstić information content (AvgIpc) is 2.26.